The topological polar surface area (TPSA) is 0 Å². The third kappa shape index (κ3) is 3.39. The van der Waals surface area contributed by atoms with Crippen molar-refractivity contribution in [1.82, 2.24) is 0 Å². The van der Waals surface area contributed by atoms with Crippen molar-refractivity contribution in [2.24, 2.45) is 0 Å². The van der Waals surface area contributed by atoms with Gasteiger partial charge in [-0.2, -0.15) is 0 Å². The van der Waals surface area contributed by atoms with Gasteiger partial charge in [-0.1, -0.05) is 50.8 Å². The molecule has 0 aliphatic carbocycles. The molecule has 0 saturated heterocycles. The summed E-state index contributed by atoms with van der Waals surface area (Å²) in [5.41, 5.74) is 5.15. The Bertz CT molecular complexity index is 343. The van der Waals surface area contributed by atoms with Crippen molar-refractivity contribution in [2.45, 2.75) is 34.6 Å². The number of benzene rings is 1. The Hall–Kier alpha value is -1.30. The number of hydrogen-bond acceptors (Lipinski definition) is 0. The summed E-state index contributed by atoms with van der Waals surface area (Å²) in [6.07, 6.45) is 6.10. The molecule has 82 valence electrons. The summed E-state index contributed by atoms with van der Waals surface area (Å²) < 4.78 is 0. The van der Waals surface area contributed by atoms with E-state index in [9.17, 15) is 0 Å². The quantitative estimate of drug-likeness (QED) is 0.632. The van der Waals surface area contributed by atoms with E-state index in [2.05, 4.69) is 44.7 Å². The molecule has 0 heterocycles. The zero-order valence-corrected chi connectivity index (χ0v) is 10.6. The summed E-state index contributed by atoms with van der Waals surface area (Å²) in [5, 5.41) is 0. The van der Waals surface area contributed by atoms with Gasteiger partial charge in [0, 0.05) is 0 Å². The molecule has 0 atom stereocenters. The van der Waals surface area contributed by atoms with E-state index in [0.717, 1.165) is 0 Å². The number of rotatable bonds is 2. The Morgan fingerprint density at radius 3 is 2.20 bits per heavy atom. The standard InChI is InChI=1S/C13H16.C2H6/c1-5-7-12-9-8-10(3)11(4)13(12)6-2;1-2/h5-9H,2H2,1,3-4H3;1-2H3/b7-5-;. The van der Waals surface area contributed by atoms with E-state index in [1.807, 2.05) is 26.8 Å². The maximum Gasteiger partial charge on any atom is -0.0158 e. The third-order valence-corrected chi connectivity index (χ3v) is 2.37. The van der Waals surface area contributed by atoms with E-state index in [4.69, 9.17) is 0 Å². The van der Waals surface area contributed by atoms with Gasteiger partial charge in [0.2, 0.25) is 0 Å². The van der Waals surface area contributed by atoms with Crippen LogP contribution in [0.5, 0.6) is 0 Å². The molecule has 0 aromatic heterocycles. The molecule has 0 nitrogen and oxygen atoms in total. The van der Waals surface area contributed by atoms with E-state index in [-0.39, 0.29) is 0 Å². The van der Waals surface area contributed by atoms with Gasteiger partial charge >= 0.3 is 0 Å². The zero-order valence-electron chi connectivity index (χ0n) is 10.6. The van der Waals surface area contributed by atoms with Gasteiger partial charge in [-0.15, -0.1) is 0 Å². The fraction of sp³-hybridized carbons (Fsp3) is 0.333. The fourth-order valence-electron chi connectivity index (χ4n) is 1.45. The van der Waals surface area contributed by atoms with Gasteiger partial charge in [-0.25, -0.2) is 0 Å². The Morgan fingerprint density at radius 2 is 1.73 bits per heavy atom. The maximum atomic E-state index is 3.84. The summed E-state index contributed by atoms with van der Waals surface area (Å²) in [6.45, 7) is 14.1. The van der Waals surface area contributed by atoms with Crippen LogP contribution in [-0.4, -0.2) is 0 Å². The third-order valence-electron chi connectivity index (χ3n) is 2.37. The maximum absolute atomic E-state index is 3.84. The lowest BCUT2D eigenvalue weighted by atomic mass is 9.97. The molecular formula is C15H22. The van der Waals surface area contributed by atoms with Gasteiger partial charge in [-0.3, -0.25) is 0 Å². The molecule has 0 bridgehead atoms. The largest absolute Gasteiger partial charge is 0.0984 e. The normalized spacial score (nSPS) is 9.67. The van der Waals surface area contributed by atoms with Crippen LogP contribution in [0.4, 0.5) is 0 Å². The molecule has 0 fully saturated rings. The first-order valence-electron chi connectivity index (χ1n) is 5.56. The van der Waals surface area contributed by atoms with Crippen LogP contribution in [0.15, 0.2) is 24.8 Å². The van der Waals surface area contributed by atoms with Crippen LogP contribution in [0.2, 0.25) is 0 Å². The molecule has 0 saturated carbocycles. The molecule has 0 amide bonds. The van der Waals surface area contributed by atoms with Gasteiger partial charge in [-0.05, 0) is 43.0 Å². The summed E-state index contributed by atoms with van der Waals surface area (Å²) in [5.74, 6) is 0. The van der Waals surface area contributed by atoms with Gasteiger partial charge < -0.3 is 0 Å². The van der Waals surface area contributed by atoms with Crippen LogP contribution in [0.25, 0.3) is 12.2 Å². The second kappa shape index (κ2) is 7.05. The van der Waals surface area contributed by atoms with Gasteiger partial charge in [0.1, 0.15) is 0 Å². The lowest BCUT2D eigenvalue weighted by molar-refractivity contribution is 1.32. The number of aryl methyl sites for hydroxylation is 1. The first kappa shape index (κ1) is 13.7. The van der Waals surface area contributed by atoms with Crippen molar-refractivity contribution in [3.63, 3.8) is 0 Å². The van der Waals surface area contributed by atoms with Crippen molar-refractivity contribution in [3.8, 4) is 0 Å². The Morgan fingerprint density at radius 1 is 1.13 bits per heavy atom. The molecule has 0 N–H and O–H groups in total. The van der Waals surface area contributed by atoms with Gasteiger partial charge in [0.15, 0.2) is 0 Å². The molecule has 0 heteroatoms. The summed E-state index contributed by atoms with van der Waals surface area (Å²) in [4.78, 5) is 0. The minimum absolute atomic E-state index is 1.25. The van der Waals surface area contributed by atoms with Crippen molar-refractivity contribution >= 4 is 12.2 Å². The highest BCUT2D eigenvalue weighted by Crippen LogP contribution is 2.20. The highest BCUT2D eigenvalue weighted by atomic mass is 14.1. The minimum Gasteiger partial charge on any atom is -0.0984 e. The summed E-state index contributed by atoms with van der Waals surface area (Å²) >= 11 is 0. The van der Waals surface area contributed by atoms with E-state index in [1.165, 1.54) is 22.3 Å². The van der Waals surface area contributed by atoms with Crippen LogP contribution in [0.1, 0.15) is 43.0 Å². The van der Waals surface area contributed by atoms with E-state index >= 15 is 0 Å². The molecule has 0 aliphatic heterocycles. The molecule has 15 heavy (non-hydrogen) atoms. The lowest BCUT2D eigenvalue weighted by Gasteiger charge is -2.08. The van der Waals surface area contributed by atoms with E-state index < -0.39 is 0 Å². The Balaban J connectivity index is 0.000000921. The van der Waals surface area contributed by atoms with E-state index in [1.54, 1.807) is 0 Å². The van der Waals surface area contributed by atoms with Crippen molar-refractivity contribution in [1.29, 1.82) is 0 Å². The molecule has 0 unspecified atom stereocenters. The van der Waals surface area contributed by atoms with Crippen molar-refractivity contribution in [3.05, 3.63) is 47.0 Å². The first-order chi connectivity index (χ1) is 7.20. The second-order valence-corrected chi connectivity index (χ2v) is 3.21. The fourth-order valence-corrected chi connectivity index (χ4v) is 1.45. The zero-order chi connectivity index (χ0) is 11.8. The molecule has 0 radical (unpaired) electrons. The van der Waals surface area contributed by atoms with Crippen LogP contribution < -0.4 is 0 Å². The van der Waals surface area contributed by atoms with Gasteiger partial charge in [0.25, 0.3) is 0 Å². The minimum atomic E-state index is 1.25. The molecule has 1 rings (SSSR count). The number of allylic oxidation sites excluding steroid dienone is 1. The average molecular weight is 202 g/mol. The van der Waals surface area contributed by atoms with Crippen LogP contribution in [-0.2, 0) is 0 Å². The Labute approximate surface area is 94.3 Å². The predicted octanol–water partition coefficient (Wildman–Crippen LogP) is 5.01. The lowest BCUT2D eigenvalue weighted by Crippen LogP contribution is -1.89. The molecule has 0 aliphatic rings. The van der Waals surface area contributed by atoms with Gasteiger partial charge in [0.05, 0.1) is 0 Å². The summed E-state index contributed by atoms with van der Waals surface area (Å²) in [7, 11) is 0. The Kier molecular flexibility index (Phi) is 6.44. The molecular weight excluding hydrogens is 180 g/mol. The van der Waals surface area contributed by atoms with Crippen LogP contribution in [0.3, 0.4) is 0 Å². The average Bonchev–Trinajstić information content (AvgIpc) is 2.27. The molecule has 1 aromatic carbocycles. The smallest absolute Gasteiger partial charge is 0.0158 e. The molecule has 1 aromatic rings. The first-order valence-corrected chi connectivity index (χ1v) is 5.56. The van der Waals surface area contributed by atoms with Crippen LogP contribution >= 0.6 is 0 Å². The second-order valence-electron chi connectivity index (χ2n) is 3.21. The molecule has 0 spiro atoms. The number of hydrogen-bond donors (Lipinski definition) is 0. The van der Waals surface area contributed by atoms with E-state index in [0.29, 0.717) is 0 Å². The van der Waals surface area contributed by atoms with Crippen molar-refractivity contribution in [2.75, 3.05) is 0 Å². The van der Waals surface area contributed by atoms with Crippen LogP contribution in [0, 0.1) is 13.8 Å². The monoisotopic (exact) mass is 202 g/mol. The highest BCUT2D eigenvalue weighted by Gasteiger charge is 2.01. The predicted molar refractivity (Wildman–Crippen MR) is 72.1 cm³/mol. The highest BCUT2D eigenvalue weighted by molar-refractivity contribution is 5.68. The van der Waals surface area contributed by atoms with Crippen molar-refractivity contribution < 1.29 is 0 Å². The summed E-state index contributed by atoms with van der Waals surface area (Å²) in [6, 6.07) is 4.29. The SMILES string of the molecule is C=Cc1c(/C=C\C)ccc(C)c1C.CC.